The van der Waals surface area contributed by atoms with Gasteiger partial charge in [0.2, 0.25) is 0 Å². The van der Waals surface area contributed by atoms with Crippen molar-refractivity contribution in [2.75, 3.05) is 11.1 Å². The third kappa shape index (κ3) is 3.86. The van der Waals surface area contributed by atoms with Gasteiger partial charge in [-0.1, -0.05) is 28.1 Å². The zero-order valence-corrected chi connectivity index (χ0v) is 11.8. The number of rotatable bonds is 3. The van der Waals surface area contributed by atoms with Gasteiger partial charge in [0.1, 0.15) is 11.6 Å². The molecule has 2 rings (SSSR count). The van der Waals surface area contributed by atoms with Crippen LogP contribution in [0.15, 0.2) is 40.9 Å². The van der Waals surface area contributed by atoms with Crippen molar-refractivity contribution in [2.24, 2.45) is 0 Å². The quantitative estimate of drug-likeness (QED) is 0.881. The van der Waals surface area contributed by atoms with E-state index in [0.29, 0.717) is 6.54 Å². The van der Waals surface area contributed by atoms with Gasteiger partial charge >= 0.3 is 6.18 Å². The summed E-state index contributed by atoms with van der Waals surface area (Å²) in [6.45, 7) is 0.362. The Bertz CT molecular complexity index is 597. The molecule has 3 nitrogen and oxygen atoms in total. The SMILES string of the molecule is Nc1cc(C(F)(F)F)cc(NCc2ccc(Br)cc2)n1. The highest BCUT2D eigenvalue weighted by Gasteiger charge is 2.31. The molecule has 0 atom stereocenters. The zero-order valence-electron chi connectivity index (χ0n) is 10.2. The predicted octanol–water partition coefficient (Wildman–Crippen LogP) is 4.06. The van der Waals surface area contributed by atoms with Crippen LogP contribution in [-0.2, 0) is 12.7 Å². The Kier molecular flexibility index (Phi) is 4.17. The Labute approximate surface area is 122 Å². The first-order valence-electron chi connectivity index (χ1n) is 5.67. The van der Waals surface area contributed by atoms with Crippen molar-refractivity contribution in [1.82, 2.24) is 4.98 Å². The van der Waals surface area contributed by atoms with E-state index in [1.54, 1.807) is 0 Å². The van der Waals surface area contributed by atoms with Crippen molar-refractivity contribution in [3.8, 4) is 0 Å². The van der Waals surface area contributed by atoms with Crippen LogP contribution in [0.2, 0.25) is 0 Å². The van der Waals surface area contributed by atoms with Crippen molar-refractivity contribution in [1.29, 1.82) is 0 Å². The van der Waals surface area contributed by atoms with Crippen LogP contribution in [0.4, 0.5) is 24.8 Å². The van der Waals surface area contributed by atoms with Crippen molar-refractivity contribution in [3.05, 3.63) is 52.0 Å². The number of alkyl halides is 3. The Morgan fingerprint density at radius 3 is 2.40 bits per heavy atom. The van der Waals surface area contributed by atoms with E-state index in [4.69, 9.17) is 5.73 Å². The van der Waals surface area contributed by atoms with Gasteiger partial charge in [-0.05, 0) is 29.8 Å². The maximum atomic E-state index is 12.6. The molecule has 0 aliphatic carbocycles. The van der Waals surface area contributed by atoms with Crippen LogP contribution in [0.1, 0.15) is 11.1 Å². The summed E-state index contributed by atoms with van der Waals surface area (Å²) in [5.74, 6) is -0.0709. The summed E-state index contributed by atoms with van der Waals surface area (Å²) < 4.78 is 38.9. The van der Waals surface area contributed by atoms with Crippen LogP contribution >= 0.6 is 15.9 Å². The van der Waals surface area contributed by atoms with Crippen molar-refractivity contribution in [2.45, 2.75) is 12.7 Å². The lowest BCUT2D eigenvalue weighted by molar-refractivity contribution is -0.137. The van der Waals surface area contributed by atoms with E-state index < -0.39 is 11.7 Å². The number of nitrogens with zero attached hydrogens (tertiary/aromatic N) is 1. The van der Waals surface area contributed by atoms with Crippen LogP contribution in [-0.4, -0.2) is 4.98 Å². The van der Waals surface area contributed by atoms with Crippen molar-refractivity contribution >= 4 is 27.6 Å². The second kappa shape index (κ2) is 5.70. The van der Waals surface area contributed by atoms with Gasteiger partial charge in [-0.2, -0.15) is 13.2 Å². The van der Waals surface area contributed by atoms with E-state index in [0.717, 1.165) is 22.2 Å². The minimum atomic E-state index is -4.44. The first-order valence-corrected chi connectivity index (χ1v) is 6.47. The number of nitrogens with one attached hydrogen (secondary N) is 1. The van der Waals surface area contributed by atoms with Crippen molar-refractivity contribution < 1.29 is 13.2 Å². The van der Waals surface area contributed by atoms with E-state index in [2.05, 4.69) is 26.2 Å². The molecule has 7 heteroatoms. The molecule has 0 fully saturated rings. The lowest BCUT2D eigenvalue weighted by atomic mass is 10.2. The highest BCUT2D eigenvalue weighted by molar-refractivity contribution is 9.10. The Balaban J connectivity index is 2.13. The smallest absolute Gasteiger partial charge is 0.384 e. The molecule has 0 unspecified atom stereocenters. The summed E-state index contributed by atoms with van der Waals surface area (Å²) >= 11 is 3.31. The largest absolute Gasteiger partial charge is 0.416 e. The average Bonchev–Trinajstić information content (AvgIpc) is 2.36. The molecule has 0 spiro atoms. The molecular weight excluding hydrogens is 335 g/mol. The molecule has 1 aromatic heterocycles. The summed E-state index contributed by atoms with van der Waals surface area (Å²) in [6.07, 6.45) is -4.44. The van der Waals surface area contributed by atoms with E-state index in [9.17, 15) is 13.2 Å². The van der Waals surface area contributed by atoms with Crippen molar-refractivity contribution in [3.63, 3.8) is 0 Å². The molecule has 106 valence electrons. The second-order valence-corrected chi connectivity index (χ2v) is 5.06. The fraction of sp³-hybridized carbons (Fsp3) is 0.154. The fourth-order valence-electron chi connectivity index (χ4n) is 1.60. The van der Waals surface area contributed by atoms with Gasteiger partial charge in [-0.3, -0.25) is 0 Å². The van der Waals surface area contributed by atoms with Gasteiger partial charge in [0.05, 0.1) is 5.56 Å². The van der Waals surface area contributed by atoms with Crippen LogP contribution in [0.25, 0.3) is 0 Å². The first-order chi connectivity index (χ1) is 9.34. The first kappa shape index (κ1) is 14.6. The highest BCUT2D eigenvalue weighted by Crippen LogP contribution is 2.31. The van der Waals surface area contributed by atoms with E-state index in [1.807, 2.05) is 24.3 Å². The normalized spacial score (nSPS) is 11.4. The second-order valence-electron chi connectivity index (χ2n) is 4.14. The number of hydrogen-bond acceptors (Lipinski definition) is 3. The number of anilines is 2. The molecule has 2 aromatic rings. The topological polar surface area (TPSA) is 50.9 Å². The number of benzene rings is 1. The van der Waals surface area contributed by atoms with Gasteiger partial charge < -0.3 is 11.1 Å². The Hall–Kier alpha value is -1.76. The summed E-state index contributed by atoms with van der Waals surface area (Å²) in [4.78, 5) is 3.84. The molecule has 0 amide bonds. The molecule has 1 aromatic carbocycles. The number of halogens is 4. The van der Waals surface area contributed by atoms with Gasteiger partial charge in [0.25, 0.3) is 0 Å². The lowest BCUT2D eigenvalue weighted by Crippen LogP contribution is -2.09. The molecule has 1 heterocycles. The molecule has 0 radical (unpaired) electrons. The maximum absolute atomic E-state index is 12.6. The summed E-state index contributed by atoms with van der Waals surface area (Å²) in [7, 11) is 0. The number of aromatic nitrogens is 1. The Morgan fingerprint density at radius 1 is 1.15 bits per heavy atom. The Morgan fingerprint density at radius 2 is 1.80 bits per heavy atom. The van der Waals surface area contributed by atoms with Gasteiger partial charge in [0.15, 0.2) is 0 Å². The van der Waals surface area contributed by atoms with E-state index >= 15 is 0 Å². The molecule has 0 aliphatic rings. The minimum Gasteiger partial charge on any atom is -0.384 e. The third-order valence-electron chi connectivity index (χ3n) is 2.56. The van der Waals surface area contributed by atoms with Crippen LogP contribution in [0.3, 0.4) is 0 Å². The van der Waals surface area contributed by atoms with Crippen LogP contribution in [0, 0.1) is 0 Å². The molecule has 20 heavy (non-hydrogen) atoms. The monoisotopic (exact) mass is 345 g/mol. The molecule has 0 saturated heterocycles. The molecular formula is C13H11BrF3N3. The molecule has 0 bridgehead atoms. The van der Waals surface area contributed by atoms with Crippen LogP contribution < -0.4 is 11.1 Å². The van der Waals surface area contributed by atoms with Gasteiger partial charge in [-0.25, -0.2) is 4.98 Å². The molecule has 3 N–H and O–H groups in total. The van der Waals surface area contributed by atoms with Gasteiger partial charge in [-0.15, -0.1) is 0 Å². The maximum Gasteiger partial charge on any atom is 0.416 e. The highest BCUT2D eigenvalue weighted by atomic mass is 79.9. The number of nitrogen functional groups attached to an aromatic ring is 1. The fourth-order valence-corrected chi connectivity index (χ4v) is 1.87. The third-order valence-corrected chi connectivity index (χ3v) is 3.09. The average molecular weight is 346 g/mol. The molecule has 0 saturated carbocycles. The summed E-state index contributed by atoms with van der Waals surface area (Å²) in [5, 5.41) is 2.83. The van der Waals surface area contributed by atoms with E-state index in [1.165, 1.54) is 0 Å². The lowest BCUT2D eigenvalue weighted by Gasteiger charge is -2.11. The van der Waals surface area contributed by atoms with Gasteiger partial charge in [0, 0.05) is 11.0 Å². The number of nitrogens with two attached hydrogens (primary N) is 1. The predicted molar refractivity (Wildman–Crippen MR) is 75.1 cm³/mol. The number of hydrogen-bond donors (Lipinski definition) is 2. The minimum absolute atomic E-state index is 0.0974. The standard InChI is InChI=1S/C13H11BrF3N3/c14-10-3-1-8(2-4-10)7-19-12-6-9(13(15,16)17)5-11(18)20-12/h1-6H,7H2,(H3,18,19,20). The van der Waals surface area contributed by atoms with Crippen LogP contribution in [0.5, 0.6) is 0 Å². The summed E-state index contributed by atoms with van der Waals surface area (Å²) in [5.41, 5.74) is 5.49. The number of pyridine rings is 1. The zero-order chi connectivity index (χ0) is 14.8. The van der Waals surface area contributed by atoms with E-state index in [-0.39, 0.29) is 11.6 Å². The summed E-state index contributed by atoms with van der Waals surface area (Å²) in [6, 6.07) is 9.16. The molecule has 0 aliphatic heterocycles.